The van der Waals surface area contributed by atoms with Crippen LogP contribution in [-0.2, 0) is 9.59 Å². The van der Waals surface area contributed by atoms with Gasteiger partial charge >= 0.3 is 0 Å². The van der Waals surface area contributed by atoms with E-state index in [2.05, 4.69) is 10.6 Å². The molecule has 2 rings (SSSR count). The highest BCUT2D eigenvalue weighted by atomic mass is 35.5. The molecule has 2 N–H and O–H groups in total. The predicted octanol–water partition coefficient (Wildman–Crippen LogP) is 1.04. The van der Waals surface area contributed by atoms with Gasteiger partial charge in [-0.25, -0.2) is 0 Å². The quantitative estimate of drug-likeness (QED) is 0.768. The summed E-state index contributed by atoms with van der Waals surface area (Å²) < 4.78 is 0. The van der Waals surface area contributed by atoms with Gasteiger partial charge in [-0.05, 0) is 18.2 Å². The average Bonchev–Trinajstić information content (AvgIpc) is 2.60. The van der Waals surface area contributed by atoms with Gasteiger partial charge in [0.15, 0.2) is 0 Å². The van der Waals surface area contributed by atoms with Crippen molar-refractivity contribution in [2.45, 2.75) is 12.5 Å². The zero-order chi connectivity index (χ0) is 12.4. The third-order valence-corrected chi connectivity index (χ3v) is 2.72. The van der Waals surface area contributed by atoms with Crippen LogP contribution in [0.5, 0.6) is 0 Å². The maximum Gasteiger partial charge on any atom is 0.249 e. The summed E-state index contributed by atoms with van der Waals surface area (Å²) in [5, 5.41) is 14.2. The molecule has 0 aromatic heterocycles. The first kappa shape index (κ1) is 11.4. The number of carbonyl (C=O) groups excluding carboxylic acids is 2. The van der Waals surface area contributed by atoms with Crippen molar-refractivity contribution >= 4 is 29.1 Å². The Labute approximate surface area is 102 Å². The standard InChI is InChI=1S/C11H8ClN3O2/c12-7-2-1-6(5-13)3-8(7)14-9-4-10(16)15-11(9)17/h1-3,9,14H,4H2,(H,15,16,17). The molecule has 1 aromatic rings. The van der Waals surface area contributed by atoms with E-state index in [-0.39, 0.29) is 18.2 Å². The second-order valence-electron chi connectivity index (χ2n) is 3.62. The molecule has 6 heteroatoms. The second-order valence-corrected chi connectivity index (χ2v) is 4.03. The Kier molecular flexibility index (Phi) is 2.98. The van der Waals surface area contributed by atoms with Crippen LogP contribution >= 0.6 is 11.6 Å². The molecular weight excluding hydrogens is 242 g/mol. The summed E-state index contributed by atoms with van der Waals surface area (Å²) in [6.07, 6.45) is 0.0753. The van der Waals surface area contributed by atoms with Gasteiger partial charge in [-0.3, -0.25) is 14.9 Å². The van der Waals surface area contributed by atoms with Crippen molar-refractivity contribution in [1.29, 1.82) is 5.26 Å². The minimum atomic E-state index is -0.631. The van der Waals surface area contributed by atoms with Crippen molar-refractivity contribution < 1.29 is 9.59 Å². The first-order valence-electron chi connectivity index (χ1n) is 4.90. The number of anilines is 1. The number of benzene rings is 1. The van der Waals surface area contributed by atoms with Gasteiger partial charge in [-0.15, -0.1) is 0 Å². The Morgan fingerprint density at radius 1 is 1.47 bits per heavy atom. The SMILES string of the molecule is N#Cc1ccc(Cl)c(NC2CC(=O)NC2=O)c1. The van der Waals surface area contributed by atoms with E-state index in [1.165, 1.54) is 0 Å². The second kappa shape index (κ2) is 4.44. The fourth-order valence-corrected chi connectivity index (χ4v) is 1.74. The number of nitrogens with zero attached hydrogens (tertiary/aromatic N) is 1. The summed E-state index contributed by atoms with van der Waals surface area (Å²) >= 11 is 5.93. The van der Waals surface area contributed by atoms with E-state index in [0.29, 0.717) is 16.3 Å². The van der Waals surface area contributed by atoms with E-state index in [0.717, 1.165) is 0 Å². The Morgan fingerprint density at radius 2 is 2.24 bits per heavy atom. The fraction of sp³-hybridized carbons (Fsp3) is 0.182. The lowest BCUT2D eigenvalue weighted by Crippen LogP contribution is -2.30. The highest BCUT2D eigenvalue weighted by Gasteiger charge is 2.30. The summed E-state index contributed by atoms with van der Waals surface area (Å²) in [7, 11) is 0. The molecule has 1 aromatic carbocycles. The van der Waals surface area contributed by atoms with Gasteiger partial charge in [0.05, 0.1) is 28.8 Å². The van der Waals surface area contributed by atoms with Crippen LogP contribution in [0.1, 0.15) is 12.0 Å². The van der Waals surface area contributed by atoms with Gasteiger partial charge in [-0.1, -0.05) is 11.6 Å². The average molecular weight is 250 g/mol. The molecule has 5 nitrogen and oxygen atoms in total. The molecule has 1 aliphatic rings. The van der Waals surface area contributed by atoms with Crippen LogP contribution in [-0.4, -0.2) is 17.9 Å². The number of amides is 2. The lowest BCUT2D eigenvalue weighted by atomic mass is 10.2. The third-order valence-electron chi connectivity index (χ3n) is 2.39. The Bertz CT molecular complexity index is 536. The Morgan fingerprint density at radius 3 is 2.82 bits per heavy atom. The van der Waals surface area contributed by atoms with Crippen LogP contribution in [0.4, 0.5) is 5.69 Å². The maximum absolute atomic E-state index is 11.4. The van der Waals surface area contributed by atoms with Gasteiger partial charge in [0.25, 0.3) is 0 Å². The molecule has 0 bridgehead atoms. The molecule has 0 aliphatic carbocycles. The van der Waals surface area contributed by atoms with Crippen molar-refractivity contribution in [3.8, 4) is 6.07 Å². The van der Waals surface area contributed by atoms with E-state index in [4.69, 9.17) is 16.9 Å². The van der Waals surface area contributed by atoms with Gasteiger partial charge in [-0.2, -0.15) is 5.26 Å². The lowest BCUT2D eigenvalue weighted by molar-refractivity contribution is -0.124. The normalized spacial score (nSPS) is 18.7. The van der Waals surface area contributed by atoms with Crippen LogP contribution in [0, 0.1) is 11.3 Å². The van der Waals surface area contributed by atoms with Crippen molar-refractivity contribution in [2.24, 2.45) is 0 Å². The summed E-state index contributed by atoms with van der Waals surface area (Å²) in [6, 6.07) is 6.03. The summed E-state index contributed by atoms with van der Waals surface area (Å²) in [4.78, 5) is 22.4. The summed E-state index contributed by atoms with van der Waals surface area (Å²) in [5.74, 6) is -0.700. The Hall–Kier alpha value is -2.06. The molecule has 0 saturated carbocycles. The molecule has 1 saturated heterocycles. The van der Waals surface area contributed by atoms with Crippen LogP contribution < -0.4 is 10.6 Å². The number of carbonyl (C=O) groups is 2. The zero-order valence-corrected chi connectivity index (χ0v) is 9.41. The zero-order valence-electron chi connectivity index (χ0n) is 8.66. The van der Waals surface area contributed by atoms with Crippen LogP contribution in [0.15, 0.2) is 18.2 Å². The minimum absolute atomic E-state index is 0.0753. The molecule has 1 fully saturated rings. The third kappa shape index (κ3) is 2.37. The number of halogens is 1. The lowest BCUT2D eigenvalue weighted by Gasteiger charge is -2.12. The van der Waals surface area contributed by atoms with E-state index in [9.17, 15) is 9.59 Å². The van der Waals surface area contributed by atoms with Crippen LogP contribution in [0.25, 0.3) is 0 Å². The number of imide groups is 1. The van der Waals surface area contributed by atoms with Crippen molar-refractivity contribution in [1.82, 2.24) is 5.32 Å². The number of rotatable bonds is 2. The highest BCUT2D eigenvalue weighted by Crippen LogP contribution is 2.24. The summed E-state index contributed by atoms with van der Waals surface area (Å²) in [6.45, 7) is 0. The molecule has 1 aliphatic heterocycles. The van der Waals surface area contributed by atoms with Gasteiger partial charge in [0.2, 0.25) is 11.8 Å². The molecule has 1 atom stereocenters. The number of hydrogen-bond acceptors (Lipinski definition) is 4. The van der Waals surface area contributed by atoms with Crippen LogP contribution in [0.2, 0.25) is 5.02 Å². The monoisotopic (exact) mass is 249 g/mol. The van der Waals surface area contributed by atoms with Gasteiger partial charge in [0.1, 0.15) is 6.04 Å². The van der Waals surface area contributed by atoms with Gasteiger partial charge < -0.3 is 5.32 Å². The van der Waals surface area contributed by atoms with E-state index in [1.54, 1.807) is 18.2 Å². The van der Waals surface area contributed by atoms with Crippen molar-refractivity contribution in [2.75, 3.05) is 5.32 Å². The number of nitrogens with one attached hydrogen (secondary N) is 2. The maximum atomic E-state index is 11.4. The molecule has 2 amide bonds. The topological polar surface area (TPSA) is 82.0 Å². The van der Waals surface area contributed by atoms with E-state index in [1.807, 2.05) is 6.07 Å². The number of nitriles is 1. The first-order valence-corrected chi connectivity index (χ1v) is 5.28. The van der Waals surface area contributed by atoms with E-state index >= 15 is 0 Å². The minimum Gasteiger partial charge on any atom is -0.372 e. The molecule has 0 radical (unpaired) electrons. The highest BCUT2D eigenvalue weighted by molar-refractivity contribution is 6.33. The van der Waals surface area contributed by atoms with Crippen molar-refractivity contribution in [3.05, 3.63) is 28.8 Å². The van der Waals surface area contributed by atoms with Crippen molar-refractivity contribution in [3.63, 3.8) is 0 Å². The fourth-order valence-electron chi connectivity index (χ4n) is 1.56. The molecular formula is C11H8ClN3O2. The molecule has 17 heavy (non-hydrogen) atoms. The summed E-state index contributed by atoms with van der Waals surface area (Å²) in [5.41, 5.74) is 0.905. The largest absolute Gasteiger partial charge is 0.372 e. The van der Waals surface area contributed by atoms with Gasteiger partial charge in [0, 0.05) is 0 Å². The predicted molar refractivity (Wildman–Crippen MR) is 61.3 cm³/mol. The van der Waals surface area contributed by atoms with E-state index < -0.39 is 6.04 Å². The smallest absolute Gasteiger partial charge is 0.249 e. The Balaban J connectivity index is 2.21. The molecule has 1 heterocycles. The molecule has 1 unspecified atom stereocenters. The molecule has 0 spiro atoms. The van der Waals surface area contributed by atoms with Crippen LogP contribution in [0.3, 0.4) is 0 Å². The number of hydrogen-bond donors (Lipinski definition) is 2. The molecule has 86 valence electrons. The first-order chi connectivity index (χ1) is 8.10.